The van der Waals surface area contributed by atoms with Gasteiger partial charge in [-0.2, -0.15) is 0 Å². The number of nitrogens with one attached hydrogen (secondary N) is 1. The zero-order valence-corrected chi connectivity index (χ0v) is 22.8. The lowest BCUT2D eigenvalue weighted by molar-refractivity contribution is -0.122. The molecule has 0 atom stereocenters. The Bertz CT molecular complexity index is 1620. The Morgan fingerprint density at radius 3 is 2.20 bits per heavy atom. The zero-order chi connectivity index (χ0) is 28.8. The molecule has 1 N–H and O–H groups in total. The molecule has 4 aromatic rings. The summed E-state index contributed by atoms with van der Waals surface area (Å²) < 4.78 is 17.5. The third-order valence-electron chi connectivity index (χ3n) is 6.26. The van der Waals surface area contributed by atoms with Gasteiger partial charge in [-0.05, 0) is 59.7 Å². The fourth-order valence-corrected chi connectivity index (χ4v) is 4.31. The largest absolute Gasteiger partial charge is 0.493 e. The minimum atomic E-state index is -0.839. The molecule has 0 saturated carbocycles. The van der Waals surface area contributed by atoms with Gasteiger partial charge in [0, 0.05) is 10.6 Å². The SMILES string of the molecule is COc1cc(COc2ccccc2/C=C2/C(=O)NC(=O)N(c3ccc(Cl)cc3)C2=O)ccc1OCc1ccccc1. The first-order valence-corrected chi connectivity index (χ1v) is 13.0. The summed E-state index contributed by atoms with van der Waals surface area (Å²) in [6.45, 7) is 0.591. The van der Waals surface area contributed by atoms with E-state index in [0.717, 1.165) is 16.0 Å². The number of methoxy groups -OCH3 is 1. The average Bonchev–Trinajstić information content (AvgIpc) is 2.99. The molecule has 1 aliphatic rings. The van der Waals surface area contributed by atoms with Crippen molar-refractivity contribution in [3.05, 3.63) is 124 Å². The van der Waals surface area contributed by atoms with E-state index in [4.69, 9.17) is 25.8 Å². The molecule has 0 radical (unpaired) electrons. The molecule has 41 heavy (non-hydrogen) atoms. The first-order valence-electron chi connectivity index (χ1n) is 12.7. The lowest BCUT2D eigenvalue weighted by Crippen LogP contribution is -2.54. The fraction of sp³-hybridized carbons (Fsp3) is 0.0938. The number of nitrogens with zero attached hydrogens (tertiary/aromatic N) is 1. The Kier molecular flexibility index (Phi) is 8.31. The zero-order valence-electron chi connectivity index (χ0n) is 22.0. The number of carbonyl (C=O) groups excluding carboxylic acids is 3. The van der Waals surface area contributed by atoms with Crippen LogP contribution in [0.1, 0.15) is 16.7 Å². The van der Waals surface area contributed by atoms with Crippen molar-refractivity contribution in [3.63, 3.8) is 0 Å². The van der Waals surface area contributed by atoms with Crippen LogP contribution in [0.3, 0.4) is 0 Å². The summed E-state index contributed by atoms with van der Waals surface area (Å²) >= 11 is 5.94. The van der Waals surface area contributed by atoms with Crippen LogP contribution in [-0.4, -0.2) is 25.0 Å². The third kappa shape index (κ3) is 6.40. The van der Waals surface area contributed by atoms with Gasteiger partial charge in [0.2, 0.25) is 0 Å². The molecule has 5 rings (SSSR count). The molecule has 0 aliphatic carbocycles. The number of hydrogen-bond donors (Lipinski definition) is 1. The lowest BCUT2D eigenvalue weighted by atomic mass is 10.1. The number of amides is 4. The quantitative estimate of drug-likeness (QED) is 0.192. The van der Waals surface area contributed by atoms with Gasteiger partial charge >= 0.3 is 6.03 Å². The summed E-state index contributed by atoms with van der Waals surface area (Å²) in [5.41, 5.74) is 2.43. The van der Waals surface area contributed by atoms with Gasteiger partial charge in [0.15, 0.2) is 11.5 Å². The third-order valence-corrected chi connectivity index (χ3v) is 6.52. The number of carbonyl (C=O) groups is 3. The fourth-order valence-electron chi connectivity index (χ4n) is 4.19. The number of imide groups is 2. The van der Waals surface area contributed by atoms with Crippen molar-refractivity contribution in [1.29, 1.82) is 0 Å². The highest BCUT2D eigenvalue weighted by Crippen LogP contribution is 2.31. The highest BCUT2D eigenvalue weighted by atomic mass is 35.5. The normalized spacial score (nSPS) is 14.1. The smallest absolute Gasteiger partial charge is 0.335 e. The number of ether oxygens (including phenoxy) is 3. The van der Waals surface area contributed by atoms with Crippen molar-refractivity contribution < 1.29 is 28.6 Å². The molecule has 0 bridgehead atoms. The van der Waals surface area contributed by atoms with E-state index in [0.29, 0.717) is 34.4 Å². The van der Waals surface area contributed by atoms with E-state index in [1.807, 2.05) is 48.5 Å². The van der Waals surface area contributed by atoms with Gasteiger partial charge in [-0.1, -0.05) is 66.2 Å². The second-order valence-corrected chi connectivity index (χ2v) is 9.46. The Hall–Kier alpha value is -5.08. The van der Waals surface area contributed by atoms with E-state index in [-0.39, 0.29) is 17.9 Å². The predicted octanol–water partition coefficient (Wildman–Crippen LogP) is 6.17. The van der Waals surface area contributed by atoms with Crippen LogP contribution in [0.4, 0.5) is 10.5 Å². The molecule has 9 heteroatoms. The van der Waals surface area contributed by atoms with Crippen molar-refractivity contribution in [3.8, 4) is 17.2 Å². The molecule has 1 saturated heterocycles. The topological polar surface area (TPSA) is 94.2 Å². The molecule has 206 valence electrons. The first-order chi connectivity index (χ1) is 19.9. The summed E-state index contributed by atoms with van der Waals surface area (Å²) in [6.07, 6.45) is 1.41. The molecule has 1 fully saturated rings. The van der Waals surface area contributed by atoms with Gasteiger partial charge in [-0.25, -0.2) is 9.69 Å². The molecular formula is C32H25ClN2O6. The minimum absolute atomic E-state index is 0.186. The van der Waals surface area contributed by atoms with E-state index >= 15 is 0 Å². The Morgan fingerprint density at radius 1 is 0.756 bits per heavy atom. The highest BCUT2D eigenvalue weighted by molar-refractivity contribution is 6.39. The number of hydrogen-bond acceptors (Lipinski definition) is 6. The first kappa shape index (κ1) is 27.5. The summed E-state index contributed by atoms with van der Waals surface area (Å²) in [4.78, 5) is 39.3. The van der Waals surface area contributed by atoms with Gasteiger partial charge in [0.1, 0.15) is 24.5 Å². The lowest BCUT2D eigenvalue weighted by Gasteiger charge is -2.26. The molecule has 4 aromatic carbocycles. The van der Waals surface area contributed by atoms with Crippen molar-refractivity contribution in [2.24, 2.45) is 0 Å². The maximum Gasteiger partial charge on any atom is 0.335 e. The van der Waals surface area contributed by atoms with Crippen LogP contribution in [-0.2, 0) is 22.8 Å². The van der Waals surface area contributed by atoms with Crippen LogP contribution in [0.25, 0.3) is 6.08 Å². The van der Waals surface area contributed by atoms with Crippen LogP contribution in [0.2, 0.25) is 5.02 Å². The summed E-state index contributed by atoms with van der Waals surface area (Å²) in [5.74, 6) is 0.0576. The van der Waals surface area contributed by atoms with Crippen LogP contribution >= 0.6 is 11.6 Å². The number of anilines is 1. The Labute approximate surface area is 241 Å². The standard InChI is InChI=1S/C32H25ClN2O6/c1-39-29-17-22(11-16-28(29)41-19-21-7-3-2-4-8-21)20-40-27-10-6-5-9-23(27)18-26-30(36)34-32(38)35(31(26)37)25-14-12-24(33)13-15-25/h2-18H,19-20H2,1H3,(H,34,36,38)/b26-18-. The van der Waals surface area contributed by atoms with Crippen LogP contribution < -0.4 is 24.4 Å². The van der Waals surface area contributed by atoms with Crippen molar-refractivity contribution in [2.75, 3.05) is 12.0 Å². The van der Waals surface area contributed by atoms with Gasteiger partial charge in [-0.15, -0.1) is 0 Å². The number of halogens is 1. The van der Waals surface area contributed by atoms with Crippen LogP contribution in [0.15, 0.2) is 103 Å². The monoisotopic (exact) mass is 568 g/mol. The van der Waals surface area contributed by atoms with E-state index in [1.54, 1.807) is 43.5 Å². The van der Waals surface area contributed by atoms with Gasteiger partial charge in [0.25, 0.3) is 11.8 Å². The second kappa shape index (κ2) is 12.4. The minimum Gasteiger partial charge on any atom is -0.493 e. The van der Waals surface area contributed by atoms with Crippen molar-refractivity contribution >= 4 is 41.2 Å². The predicted molar refractivity (Wildman–Crippen MR) is 155 cm³/mol. The van der Waals surface area contributed by atoms with E-state index in [2.05, 4.69) is 5.32 Å². The number of urea groups is 1. The number of rotatable bonds is 9. The molecule has 0 unspecified atom stereocenters. The molecule has 1 aliphatic heterocycles. The molecule has 0 aromatic heterocycles. The Morgan fingerprint density at radius 2 is 1.44 bits per heavy atom. The molecule has 4 amide bonds. The molecular weight excluding hydrogens is 544 g/mol. The maximum absolute atomic E-state index is 13.2. The summed E-state index contributed by atoms with van der Waals surface area (Å²) in [5, 5.41) is 2.67. The molecule has 0 spiro atoms. The van der Waals surface area contributed by atoms with Gasteiger partial charge < -0.3 is 14.2 Å². The van der Waals surface area contributed by atoms with Crippen LogP contribution in [0.5, 0.6) is 17.2 Å². The Balaban J connectivity index is 1.33. The highest BCUT2D eigenvalue weighted by Gasteiger charge is 2.37. The second-order valence-electron chi connectivity index (χ2n) is 9.02. The van der Waals surface area contributed by atoms with E-state index < -0.39 is 17.8 Å². The summed E-state index contributed by atoms with van der Waals surface area (Å²) in [6, 6.07) is 27.7. The number of benzene rings is 4. The number of para-hydroxylation sites is 1. The van der Waals surface area contributed by atoms with E-state index in [9.17, 15) is 14.4 Å². The molecule has 8 nitrogen and oxygen atoms in total. The van der Waals surface area contributed by atoms with Gasteiger partial charge in [-0.3, -0.25) is 14.9 Å². The van der Waals surface area contributed by atoms with Gasteiger partial charge in [0.05, 0.1) is 12.8 Å². The summed E-state index contributed by atoms with van der Waals surface area (Å²) in [7, 11) is 1.57. The maximum atomic E-state index is 13.2. The van der Waals surface area contributed by atoms with Crippen molar-refractivity contribution in [1.82, 2.24) is 5.32 Å². The average molecular weight is 569 g/mol. The number of barbiturate groups is 1. The molecule has 1 heterocycles. The van der Waals surface area contributed by atoms with Crippen LogP contribution in [0, 0.1) is 0 Å². The van der Waals surface area contributed by atoms with Crippen molar-refractivity contribution in [2.45, 2.75) is 13.2 Å². The van der Waals surface area contributed by atoms with E-state index in [1.165, 1.54) is 18.2 Å².